The maximum Gasteiger partial charge on any atom is 0.238 e. The van der Waals surface area contributed by atoms with Crippen LogP contribution in [0.5, 0.6) is 0 Å². The van der Waals surface area contributed by atoms with Gasteiger partial charge in [0, 0.05) is 18.8 Å². The summed E-state index contributed by atoms with van der Waals surface area (Å²) in [7, 11) is -3.75. The number of sulfonamides is 1. The van der Waals surface area contributed by atoms with Crippen LogP contribution in [0.1, 0.15) is 25.0 Å². The fourth-order valence-corrected chi connectivity index (χ4v) is 3.27. The van der Waals surface area contributed by atoms with Crippen molar-refractivity contribution in [2.75, 3.05) is 18.4 Å². The number of carbonyl (C=O) groups is 2. The van der Waals surface area contributed by atoms with Gasteiger partial charge in [0.2, 0.25) is 21.8 Å². The van der Waals surface area contributed by atoms with Gasteiger partial charge in [-0.25, -0.2) is 13.6 Å². The number of benzene rings is 2. The molecule has 8 heteroatoms. The second-order valence-corrected chi connectivity index (χ2v) is 7.92. The smallest absolute Gasteiger partial charge is 0.238 e. The Bertz CT molecular complexity index is 919. The minimum absolute atomic E-state index is 0.00602. The molecule has 2 aromatic carbocycles. The Morgan fingerprint density at radius 2 is 1.39 bits per heavy atom. The zero-order chi connectivity index (χ0) is 20.7. The van der Waals surface area contributed by atoms with Crippen LogP contribution >= 0.6 is 0 Å². The third-order valence-electron chi connectivity index (χ3n) is 4.33. The quantitative estimate of drug-likeness (QED) is 0.702. The monoisotopic (exact) mass is 403 g/mol. The van der Waals surface area contributed by atoms with E-state index in [2.05, 4.69) is 5.32 Å². The summed E-state index contributed by atoms with van der Waals surface area (Å²) >= 11 is 0. The second kappa shape index (κ2) is 9.48. The largest absolute Gasteiger partial charge is 0.343 e. The van der Waals surface area contributed by atoms with E-state index in [-0.39, 0.29) is 23.1 Å². The number of amides is 2. The number of primary sulfonamides is 1. The van der Waals surface area contributed by atoms with Crippen molar-refractivity contribution in [1.29, 1.82) is 0 Å². The summed E-state index contributed by atoms with van der Waals surface area (Å²) in [6, 6.07) is 13.0. The standard InChI is InChI=1S/C20H25N3O4S/c1-3-23(4-2)20(25)14-16-5-9-17(10-6-16)22-19(24)13-15-7-11-18(12-8-15)28(21,26)27/h5-12H,3-4,13-14H2,1-2H3,(H,22,24)(H2,21,26,27). The van der Waals surface area contributed by atoms with Crippen LogP contribution in [0.2, 0.25) is 0 Å². The van der Waals surface area contributed by atoms with Gasteiger partial charge in [-0.3, -0.25) is 9.59 Å². The Hall–Kier alpha value is -2.71. The summed E-state index contributed by atoms with van der Waals surface area (Å²) in [5, 5.41) is 7.84. The van der Waals surface area contributed by atoms with Crippen molar-refractivity contribution in [2.45, 2.75) is 31.6 Å². The van der Waals surface area contributed by atoms with Gasteiger partial charge in [-0.1, -0.05) is 24.3 Å². The molecule has 0 saturated carbocycles. The molecule has 0 radical (unpaired) electrons. The molecule has 3 N–H and O–H groups in total. The molecule has 2 aromatic rings. The number of carbonyl (C=O) groups excluding carboxylic acids is 2. The molecule has 0 aliphatic heterocycles. The highest BCUT2D eigenvalue weighted by atomic mass is 32.2. The maximum atomic E-state index is 12.2. The first-order valence-electron chi connectivity index (χ1n) is 9.01. The van der Waals surface area contributed by atoms with Crippen molar-refractivity contribution in [3.05, 3.63) is 59.7 Å². The molecule has 150 valence electrons. The van der Waals surface area contributed by atoms with Crippen LogP contribution < -0.4 is 10.5 Å². The average Bonchev–Trinajstić information content (AvgIpc) is 2.64. The van der Waals surface area contributed by atoms with E-state index >= 15 is 0 Å². The van der Waals surface area contributed by atoms with E-state index < -0.39 is 10.0 Å². The molecule has 0 saturated heterocycles. The first kappa shape index (κ1) is 21.6. The zero-order valence-corrected chi connectivity index (χ0v) is 16.8. The van der Waals surface area contributed by atoms with Crippen molar-refractivity contribution in [1.82, 2.24) is 4.90 Å². The number of hydrogen-bond acceptors (Lipinski definition) is 4. The van der Waals surface area contributed by atoms with E-state index in [1.807, 2.05) is 26.0 Å². The van der Waals surface area contributed by atoms with E-state index in [1.165, 1.54) is 12.1 Å². The summed E-state index contributed by atoms with van der Waals surface area (Å²) in [4.78, 5) is 26.1. The van der Waals surface area contributed by atoms with Crippen LogP contribution in [0.3, 0.4) is 0 Å². The summed E-state index contributed by atoms with van der Waals surface area (Å²) < 4.78 is 22.5. The van der Waals surface area contributed by atoms with E-state index in [9.17, 15) is 18.0 Å². The zero-order valence-electron chi connectivity index (χ0n) is 16.0. The first-order chi connectivity index (χ1) is 13.2. The Balaban J connectivity index is 1.93. The Kier molecular flexibility index (Phi) is 7.31. The molecule has 0 unspecified atom stereocenters. The highest BCUT2D eigenvalue weighted by molar-refractivity contribution is 7.89. The lowest BCUT2D eigenvalue weighted by molar-refractivity contribution is -0.130. The highest BCUT2D eigenvalue weighted by Gasteiger charge is 2.11. The molecule has 0 atom stereocenters. The Morgan fingerprint density at radius 1 is 0.893 bits per heavy atom. The van der Waals surface area contributed by atoms with Gasteiger partial charge >= 0.3 is 0 Å². The molecule has 2 rings (SSSR count). The average molecular weight is 404 g/mol. The van der Waals surface area contributed by atoms with Gasteiger partial charge in [0.25, 0.3) is 0 Å². The van der Waals surface area contributed by atoms with Crippen molar-refractivity contribution < 1.29 is 18.0 Å². The molecule has 0 aromatic heterocycles. The minimum Gasteiger partial charge on any atom is -0.343 e. The number of nitrogens with one attached hydrogen (secondary N) is 1. The number of hydrogen-bond donors (Lipinski definition) is 2. The molecule has 28 heavy (non-hydrogen) atoms. The number of nitrogens with zero attached hydrogens (tertiary/aromatic N) is 1. The van der Waals surface area contributed by atoms with Crippen molar-refractivity contribution in [2.24, 2.45) is 5.14 Å². The van der Waals surface area contributed by atoms with Gasteiger partial charge < -0.3 is 10.2 Å². The molecule has 7 nitrogen and oxygen atoms in total. The van der Waals surface area contributed by atoms with Gasteiger partial charge in [0.1, 0.15) is 0 Å². The highest BCUT2D eigenvalue weighted by Crippen LogP contribution is 2.13. The lowest BCUT2D eigenvalue weighted by atomic mass is 10.1. The molecule has 0 spiro atoms. The molecule has 2 amide bonds. The third-order valence-corrected chi connectivity index (χ3v) is 5.25. The number of rotatable bonds is 8. The summed E-state index contributed by atoms with van der Waals surface area (Å²) in [5.41, 5.74) is 2.19. The van der Waals surface area contributed by atoms with Crippen LogP contribution in [-0.2, 0) is 32.5 Å². The van der Waals surface area contributed by atoms with Crippen molar-refractivity contribution >= 4 is 27.5 Å². The van der Waals surface area contributed by atoms with E-state index in [1.54, 1.807) is 29.2 Å². The Labute approximate surface area is 165 Å². The molecular formula is C20H25N3O4S. The number of nitrogens with two attached hydrogens (primary N) is 1. The minimum atomic E-state index is -3.75. The van der Waals surface area contributed by atoms with E-state index in [4.69, 9.17) is 5.14 Å². The van der Waals surface area contributed by atoms with Gasteiger partial charge in [0.15, 0.2) is 0 Å². The second-order valence-electron chi connectivity index (χ2n) is 6.35. The Morgan fingerprint density at radius 3 is 1.89 bits per heavy atom. The van der Waals surface area contributed by atoms with Gasteiger partial charge in [-0.05, 0) is 49.2 Å². The molecule has 0 bridgehead atoms. The van der Waals surface area contributed by atoms with Crippen molar-refractivity contribution in [3.63, 3.8) is 0 Å². The van der Waals surface area contributed by atoms with E-state index in [0.29, 0.717) is 30.8 Å². The summed E-state index contributed by atoms with van der Waals surface area (Å²) in [6.07, 6.45) is 0.430. The molecule has 0 heterocycles. The van der Waals surface area contributed by atoms with E-state index in [0.717, 1.165) is 5.56 Å². The number of anilines is 1. The maximum absolute atomic E-state index is 12.2. The predicted molar refractivity (Wildman–Crippen MR) is 108 cm³/mol. The summed E-state index contributed by atoms with van der Waals surface area (Å²) in [6.45, 7) is 5.26. The van der Waals surface area contributed by atoms with Crippen LogP contribution in [0, 0.1) is 0 Å². The fraction of sp³-hybridized carbons (Fsp3) is 0.300. The van der Waals surface area contributed by atoms with Gasteiger partial charge in [-0.2, -0.15) is 0 Å². The van der Waals surface area contributed by atoms with Gasteiger partial charge in [-0.15, -0.1) is 0 Å². The molecule has 0 aliphatic rings. The van der Waals surface area contributed by atoms with Crippen LogP contribution in [0.4, 0.5) is 5.69 Å². The molecule has 0 aliphatic carbocycles. The van der Waals surface area contributed by atoms with Crippen LogP contribution in [0.25, 0.3) is 0 Å². The van der Waals surface area contributed by atoms with Crippen molar-refractivity contribution in [3.8, 4) is 0 Å². The summed E-state index contributed by atoms with van der Waals surface area (Å²) in [5.74, 6) is -0.153. The third kappa shape index (κ3) is 6.17. The lowest BCUT2D eigenvalue weighted by Gasteiger charge is -2.18. The normalized spacial score (nSPS) is 11.1. The SMILES string of the molecule is CCN(CC)C(=O)Cc1ccc(NC(=O)Cc2ccc(S(N)(=O)=O)cc2)cc1. The van der Waals surface area contributed by atoms with Crippen LogP contribution in [-0.4, -0.2) is 38.2 Å². The van der Waals surface area contributed by atoms with Gasteiger partial charge in [0.05, 0.1) is 17.7 Å². The van der Waals surface area contributed by atoms with Crippen LogP contribution in [0.15, 0.2) is 53.4 Å². The molecule has 0 fully saturated rings. The number of likely N-dealkylation sites (N-methyl/N-ethyl adjacent to an activating group) is 1. The predicted octanol–water partition coefficient (Wildman–Crippen LogP) is 1.93. The lowest BCUT2D eigenvalue weighted by Crippen LogP contribution is -2.31. The topological polar surface area (TPSA) is 110 Å². The first-order valence-corrected chi connectivity index (χ1v) is 10.6. The fourth-order valence-electron chi connectivity index (χ4n) is 2.76. The molecular weight excluding hydrogens is 378 g/mol.